The van der Waals surface area contributed by atoms with E-state index in [9.17, 15) is 31.1 Å². The summed E-state index contributed by atoms with van der Waals surface area (Å²) in [5.74, 6) is -1.14. The maximum absolute atomic E-state index is 12.8. The molecule has 2 amide bonds. The van der Waals surface area contributed by atoms with E-state index in [0.717, 1.165) is 25.6 Å². The largest absolute Gasteiger partial charge is 0.453 e. The molecule has 35 heavy (non-hydrogen) atoms. The van der Waals surface area contributed by atoms with Crippen molar-refractivity contribution in [3.8, 4) is 0 Å². The molecule has 3 aliphatic heterocycles. The van der Waals surface area contributed by atoms with Crippen LogP contribution in [0, 0.1) is 10.8 Å². The molecule has 0 atom stereocenters. The average molecular weight is 521 g/mol. The number of alkyl halides is 6. The first-order valence-corrected chi connectivity index (χ1v) is 11.9. The van der Waals surface area contributed by atoms with Gasteiger partial charge in [-0.2, -0.15) is 26.3 Å². The molecule has 190 valence electrons. The van der Waals surface area contributed by atoms with Gasteiger partial charge in [0.25, 0.3) is 5.82 Å². The van der Waals surface area contributed by atoms with Crippen LogP contribution in [0.4, 0.5) is 31.1 Å². The van der Waals surface area contributed by atoms with Crippen molar-refractivity contribution in [2.45, 2.75) is 37.8 Å². The average Bonchev–Trinajstić information content (AvgIpc) is 3.29. The van der Waals surface area contributed by atoms with E-state index in [1.165, 1.54) is 4.68 Å². The summed E-state index contributed by atoms with van der Waals surface area (Å²) in [5.41, 5.74) is -0.0450. The molecular formula is C20H21F6N7OS. The van der Waals surface area contributed by atoms with Crippen molar-refractivity contribution in [2.75, 3.05) is 39.3 Å². The molecule has 3 saturated heterocycles. The lowest BCUT2D eigenvalue weighted by Crippen LogP contribution is -2.75. The fraction of sp³-hybridized carbons (Fsp3) is 0.700. The van der Waals surface area contributed by atoms with Crippen LogP contribution in [0.25, 0.3) is 0 Å². The molecule has 2 aromatic rings. The van der Waals surface area contributed by atoms with E-state index < -0.39 is 23.1 Å². The number of hydrogen-bond donors (Lipinski definition) is 0. The zero-order valence-electron chi connectivity index (χ0n) is 18.3. The Morgan fingerprint density at radius 2 is 1.57 bits per heavy atom. The molecule has 4 fully saturated rings. The van der Waals surface area contributed by atoms with Crippen LogP contribution in [0.5, 0.6) is 0 Å². The molecule has 1 aliphatic carbocycles. The smallest absolute Gasteiger partial charge is 0.323 e. The second-order valence-electron chi connectivity index (χ2n) is 10.4. The number of rotatable bonds is 3. The Morgan fingerprint density at radius 3 is 2.11 bits per heavy atom. The van der Waals surface area contributed by atoms with Gasteiger partial charge in [-0.15, -0.1) is 16.4 Å². The van der Waals surface area contributed by atoms with Gasteiger partial charge in [-0.25, -0.2) is 19.4 Å². The Balaban J connectivity index is 0.926. The lowest BCUT2D eigenvalue weighted by atomic mass is 9.60. The number of nitrogens with zero attached hydrogens (tertiary/aromatic N) is 7. The summed E-state index contributed by atoms with van der Waals surface area (Å²) in [4.78, 5) is 24.9. The Bertz CT molecular complexity index is 1130. The fourth-order valence-electron chi connectivity index (χ4n) is 5.88. The van der Waals surface area contributed by atoms with Crippen LogP contribution in [0.3, 0.4) is 0 Å². The normalized spacial score (nSPS) is 23.7. The molecular weight excluding hydrogens is 500 g/mol. The van der Waals surface area contributed by atoms with E-state index in [1.807, 2.05) is 4.90 Å². The molecule has 0 N–H and O–H groups in total. The quantitative estimate of drug-likeness (QED) is 0.580. The number of likely N-dealkylation sites (tertiary alicyclic amines) is 3. The molecule has 0 bridgehead atoms. The summed E-state index contributed by atoms with van der Waals surface area (Å²) in [6.07, 6.45) is -5.60. The number of carbonyl (C=O) groups excluding carboxylic acids is 1. The van der Waals surface area contributed by atoms with Crippen molar-refractivity contribution >= 4 is 17.4 Å². The Kier molecular flexibility index (Phi) is 4.80. The van der Waals surface area contributed by atoms with Gasteiger partial charge in [-0.3, -0.25) is 4.90 Å². The predicted octanol–water partition coefficient (Wildman–Crippen LogP) is 3.35. The van der Waals surface area contributed by atoms with Crippen LogP contribution in [0.2, 0.25) is 0 Å². The first-order valence-electron chi connectivity index (χ1n) is 11.1. The Labute approximate surface area is 199 Å². The molecule has 2 spiro atoms. The highest BCUT2D eigenvalue weighted by atomic mass is 32.1. The van der Waals surface area contributed by atoms with Crippen molar-refractivity contribution in [3.05, 3.63) is 28.2 Å². The molecule has 5 heterocycles. The van der Waals surface area contributed by atoms with Gasteiger partial charge in [-0.1, -0.05) is 0 Å². The molecule has 6 rings (SSSR count). The number of thiazole rings is 1. The third-order valence-corrected chi connectivity index (χ3v) is 8.46. The van der Waals surface area contributed by atoms with Gasteiger partial charge in [-0.05, 0) is 12.8 Å². The number of halogens is 6. The summed E-state index contributed by atoms with van der Waals surface area (Å²) < 4.78 is 77.5. The zero-order valence-corrected chi connectivity index (χ0v) is 19.1. The number of amides is 2. The van der Waals surface area contributed by atoms with E-state index in [0.29, 0.717) is 61.9 Å². The topological polar surface area (TPSA) is 70.4 Å². The third-order valence-electron chi connectivity index (χ3n) is 7.43. The monoisotopic (exact) mass is 521 g/mol. The number of carbonyl (C=O) groups is 1. The summed E-state index contributed by atoms with van der Waals surface area (Å²) in [5, 5.41) is 3.98. The zero-order chi connectivity index (χ0) is 24.8. The number of urea groups is 1. The van der Waals surface area contributed by atoms with Crippen LogP contribution in [0.1, 0.15) is 34.6 Å². The van der Waals surface area contributed by atoms with Crippen LogP contribution in [0.15, 0.2) is 12.5 Å². The SMILES string of the molecule is O=C(N1CC2(CC(n3cnc(C(F)(F)F)n3)C2)C1)N1CC2(CN(Cc3ncc(C(F)(F)F)s3)C2)C1. The lowest BCUT2D eigenvalue weighted by molar-refractivity contribution is -0.145. The van der Waals surface area contributed by atoms with E-state index in [1.54, 1.807) is 9.80 Å². The standard InChI is InChI=1S/C20H21F6N7OS/c21-19(22,23)13-3-27-14(35-13)4-30-5-18(6-30)9-32(10-18)16(34)31-7-17(8-31)1-12(2-17)33-11-28-15(29-33)20(24,25)26/h3,11-12H,1-2,4-10H2. The van der Waals surface area contributed by atoms with E-state index in [-0.39, 0.29) is 22.9 Å². The van der Waals surface area contributed by atoms with Crippen LogP contribution < -0.4 is 0 Å². The van der Waals surface area contributed by atoms with E-state index >= 15 is 0 Å². The number of hydrogen-bond acceptors (Lipinski definition) is 6. The second-order valence-corrected chi connectivity index (χ2v) is 11.5. The highest BCUT2D eigenvalue weighted by Crippen LogP contribution is 2.54. The van der Waals surface area contributed by atoms with E-state index in [4.69, 9.17) is 0 Å². The molecule has 15 heteroatoms. The van der Waals surface area contributed by atoms with Crippen molar-refractivity contribution < 1.29 is 31.1 Å². The summed E-state index contributed by atoms with van der Waals surface area (Å²) >= 11 is 0.664. The predicted molar refractivity (Wildman–Crippen MR) is 109 cm³/mol. The highest BCUT2D eigenvalue weighted by Gasteiger charge is 2.58. The molecule has 1 saturated carbocycles. The first kappa shape index (κ1) is 23.0. The van der Waals surface area contributed by atoms with Crippen molar-refractivity contribution in [1.82, 2.24) is 34.4 Å². The molecule has 2 aromatic heterocycles. The van der Waals surface area contributed by atoms with Crippen LogP contribution in [-0.4, -0.2) is 79.7 Å². The lowest BCUT2D eigenvalue weighted by Gasteiger charge is -2.63. The summed E-state index contributed by atoms with van der Waals surface area (Å²) in [7, 11) is 0. The third kappa shape index (κ3) is 3.96. The van der Waals surface area contributed by atoms with Crippen molar-refractivity contribution in [3.63, 3.8) is 0 Å². The van der Waals surface area contributed by atoms with Crippen molar-refractivity contribution in [2.24, 2.45) is 10.8 Å². The van der Waals surface area contributed by atoms with Gasteiger partial charge < -0.3 is 9.80 Å². The van der Waals surface area contributed by atoms with Gasteiger partial charge in [0.15, 0.2) is 0 Å². The maximum atomic E-state index is 12.8. The van der Waals surface area contributed by atoms with Gasteiger partial charge in [0.2, 0.25) is 0 Å². The van der Waals surface area contributed by atoms with Crippen LogP contribution >= 0.6 is 11.3 Å². The minimum atomic E-state index is -4.56. The van der Waals surface area contributed by atoms with Crippen molar-refractivity contribution in [1.29, 1.82) is 0 Å². The minimum absolute atomic E-state index is 0.00712. The highest BCUT2D eigenvalue weighted by molar-refractivity contribution is 7.11. The Hall–Kier alpha value is -2.42. The summed E-state index contributed by atoms with van der Waals surface area (Å²) in [6, 6.07) is -0.160. The minimum Gasteiger partial charge on any atom is -0.323 e. The maximum Gasteiger partial charge on any atom is 0.453 e. The Morgan fingerprint density at radius 1 is 0.943 bits per heavy atom. The second kappa shape index (κ2) is 7.31. The first-order chi connectivity index (χ1) is 16.3. The molecule has 0 unspecified atom stereocenters. The molecule has 0 radical (unpaired) electrons. The fourth-order valence-corrected chi connectivity index (χ4v) is 6.71. The molecule has 8 nitrogen and oxygen atoms in total. The van der Waals surface area contributed by atoms with Crippen LogP contribution in [-0.2, 0) is 18.9 Å². The molecule has 0 aromatic carbocycles. The summed E-state index contributed by atoms with van der Waals surface area (Å²) in [6.45, 7) is 4.25. The van der Waals surface area contributed by atoms with Gasteiger partial charge in [0, 0.05) is 50.1 Å². The number of aromatic nitrogens is 4. The van der Waals surface area contributed by atoms with Gasteiger partial charge in [0.1, 0.15) is 16.2 Å². The molecule has 4 aliphatic rings. The van der Waals surface area contributed by atoms with E-state index in [2.05, 4.69) is 15.1 Å². The van der Waals surface area contributed by atoms with Gasteiger partial charge >= 0.3 is 18.4 Å². The van der Waals surface area contributed by atoms with Gasteiger partial charge in [0.05, 0.1) is 18.8 Å².